The molecule has 2 aliphatic carbocycles. The van der Waals surface area contributed by atoms with Crippen molar-refractivity contribution in [3.8, 4) is 18.2 Å². The van der Waals surface area contributed by atoms with Gasteiger partial charge in [-0.15, -0.1) is 0 Å². The molecule has 0 radical (unpaired) electrons. The van der Waals surface area contributed by atoms with Crippen LogP contribution in [0, 0.1) is 52.2 Å². The predicted octanol–water partition coefficient (Wildman–Crippen LogP) is 2.81. The van der Waals surface area contributed by atoms with Crippen molar-refractivity contribution in [2.24, 2.45) is 17.1 Å². The number of nitriles is 3. The average molecular weight is 332 g/mol. The van der Waals surface area contributed by atoms with Crippen LogP contribution >= 0.6 is 0 Å². The molecule has 0 saturated carbocycles. The standard InChI is InChI=1S/C19H20N6/c1-3-25-9-16(12(2)24-25)17-14-7-5-4-6-13(14)15(8-20)18(23)19(17,10-21)11-22/h6,9,14,17H,3-5,7,23H2,1-2H3/t14-,17+/m1/s1. The van der Waals surface area contributed by atoms with Crippen molar-refractivity contribution in [1.29, 1.82) is 15.8 Å². The van der Waals surface area contributed by atoms with E-state index in [0.717, 1.165) is 36.1 Å². The van der Waals surface area contributed by atoms with Gasteiger partial charge in [0.1, 0.15) is 6.07 Å². The van der Waals surface area contributed by atoms with Gasteiger partial charge in [-0.05, 0) is 50.2 Å². The summed E-state index contributed by atoms with van der Waals surface area (Å²) in [6.45, 7) is 4.60. The largest absolute Gasteiger partial charge is 0.399 e. The lowest BCUT2D eigenvalue weighted by Gasteiger charge is -2.43. The summed E-state index contributed by atoms with van der Waals surface area (Å²) in [5.74, 6) is -0.477. The number of hydrogen-bond acceptors (Lipinski definition) is 5. The number of aromatic nitrogens is 2. The van der Waals surface area contributed by atoms with Gasteiger partial charge in [0, 0.05) is 18.7 Å². The van der Waals surface area contributed by atoms with E-state index in [1.165, 1.54) is 0 Å². The van der Waals surface area contributed by atoms with Crippen LogP contribution in [0.3, 0.4) is 0 Å². The molecule has 0 bridgehead atoms. The fraction of sp³-hybridized carbons (Fsp3) is 0.474. The molecule has 6 nitrogen and oxygen atoms in total. The van der Waals surface area contributed by atoms with E-state index in [4.69, 9.17) is 5.73 Å². The minimum Gasteiger partial charge on any atom is -0.399 e. The van der Waals surface area contributed by atoms with Gasteiger partial charge in [-0.2, -0.15) is 20.9 Å². The number of allylic oxidation sites excluding steroid dienone is 4. The maximum Gasteiger partial charge on any atom is 0.191 e. The van der Waals surface area contributed by atoms with E-state index in [0.29, 0.717) is 12.1 Å². The van der Waals surface area contributed by atoms with E-state index >= 15 is 0 Å². The van der Waals surface area contributed by atoms with Gasteiger partial charge in [0.25, 0.3) is 0 Å². The minimum absolute atomic E-state index is 0.0665. The van der Waals surface area contributed by atoms with Crippen LogP contribution in [-0.2, 0) is 6.54 Å². The highest BCUT2D eigenvalue weighted by atomic mass is 15.3. The Balaban J connectivity index is 2.33. The first-order valence-electron chi connectivity index (χ1n) is 8.51. The van der Waals surface area contributed by atoms with Crippen LogP contribution < -0.4 is 5.73 Å². The maximum absolute atomic E-state index is 9.96. The molecule has 3 rings (SSSR count). The third kappa shape index (κ3) is 2.24. The predicted molar refractivity (Wildman–Crippen MR) is 91.3 cm³/mol. The Kier molecular flexibility index (Phi) is 4.11. The van der Waals surface area contributed by atoms with Crippen molar-refractivity contribution in [2.75, 3.05) is 0 Å². The van der Waals surface area contributed by atoms with Gasteiger partial charge in [-0.1, -0.05) is 6.08 Å². The van der Waals surface area contributed by atoms with Gasteiger partial charge in [-0.3, -0.25) is 4.68 Å². The third-order valence-electron chi connectivity index (χ3n) is 5.44. The molecule has 0 fully saturated rings. The molecule has 2 N–H and O–H groups in total. The normalized spacial score (nSPS) is 24.5. The Labute approximate surface area is 147 Å². The zero-order valence-corrected chi connectivity index (χ0v) is 14.5. The van der Waals surface area contributed by atoms with Crippen LogP contribution in [0.4, 0.5) is 0 Å². The smallest absolute Gasteiger partial charge is 0.191 e. The fourth-order valence-electron chi connectivity index (χ4n) is 4.22. The van der Waals surface area contributed by atoms with Crippen LogP contribution in [-0.4, -0.2) is 9.78 Å². The van der Waals surface area contributed by atoms with Gasteiger partial charge >= 0.3 is 0 Å². The first kappa shape index (κ1) is 16.8. The molecule has 1 aromatic heterocycles. The second kappa shape index (κ2) is 6.11. The summed E-state index contributed by atoms with van der Waals surface area (Å²) in [6, 6.07) is 6.46. The molecule has 25 heavy (non-hydrogen) atoms. The highest BCUT2D eigenvalue weighted by molar-refractivity contribution is 5.59. The molecule has 0 unspecified atom stereocenters. The molecule has 2 atom stereocenters. The Bertz CT molecular complexity index is 882. The molecule has 0 spiro atoms. The lowest BCUT2D eigenvalue weighted by Crippen LogP contribution is -2.42. The van der Waals surface area contributed by atoms with E-state index < -0.39 is 11.3 Å². The molecule has 1 heterocycles. The Morgan fingerprint density at radius 1 is 1.36 bits per heavy atom. The van der Waals surface area contributed by atoms with Gasteiger partial charge < -0.3 is 5.73 Å². The summed E-state index contributed by atoms with van der Waals surface area (Å²) < 4.78 is 1.82. The summed E-state index contributed by atoms with van der Waals surface area (Å²) in [7, 11) is 0. The number of aryl methyl sites for hydroxylation is 2. The van der Waals surface area contributed by atoms with E-state index in [-0.39, 0.29) is 11.6 Å². The molecule has 2 aliphatic rings. The van der Waals surface area contributed by atoms with Crippen LogP contribution in [0.2, 0.25) is 0 Å². The van der Waals surface area contributed by atoms with Crippen molar-refractivity contribution in [3.63, 3.8) is 0 Å². The zero-order valence-electron chi connectivity index (χ0n) is 14.5. The number of fused-ring (bicyclic) bond motifs is 1. The van der Waals surface area contributed by atoms with Crippen molar-refractivity contribution >= 4 is 0 Å². The van der Waals surface area contributed by atoms with Gasteiger partial charge in [0.2, 0.25) is 0 Å². The summed E-state index contributed by atoms with van der Waals surface area (Å²) in [4.78, 5) is 0. The summed E-state index contributed by atoms with van der Waals surface area (Å²) in [6.07, 6.45) is 6.65. The third-order valence-corrected chi connectivity index (χ3v) is 5.44. The molecule has 0 amide bonds. The second-order valence-electron chi connectivity index (χ2n) is 6.63. The highest BCUT2D eigenvalue weighted by Gasteiger charge is 2.54. The Morgan fingerprint density at radius 3 is 2.64 bits per heavy atom. The molecule has 126 valence electrons. The number of hydrogen-bond donors (Lipinski definition) is 1. The summed E-state index contributed by atoms with van der Waals surface area (Å²) in [5, 5.41) is 34.0. The average Bonchev–Trinajstić information content (AvgIpc) is 3.01. The monoisotopic (exact) mass is 332 g/mol. The summed E-state index contributed by atoms with van der Waals surface area (Å²) >= 11 is 0. The molecule has 6 heteroatoms. The number of rotatable bonds is 2. The van der Waals surface area contributed by atoms with E-state index in [1.807, 2.05) is 30.8 Å². The van der Waals surface area contributed by atoms with Crippen LogP contribution in [0.1, 0.15) is 43.4 Å². The van der Waals surface area contributed by atoms with Gasteiger partial charge in [0.15, 0.2) is 5.41 Å². The van der Waals surface area contributed by atoms with Crippen molar-refractivity contribution in [2.45, 2.75) is 45.6 Å². The fourth-order valence-corrected chi connectivity index (χ4v) is 4.22. The number of nitrogens with two attached hydrogens (primary N) is 1. The van der Waals surface area contributed by atoms with Crippen molar-refractivity contribution < 1.29 is 0 Å². The lowest BCUT2D eigenvalue weighted by molar-refractivity contribution is 0.316. The SMILES string of the molecule is CCn1cc([C@@H]2[C@@H]3CCCC=C3C(C#N)=C(N)C2(C#N)C#N)c(C)n1. The highest BCUT2D eigenvalue weighted by Crippen LogP contribution is 2.56. The molecule has 0 aliphatic heterocycles. The van der Waals surface area contributed by atoms with Crippen LogP contribution in [0.15, 0.2) is 29.1 Å². The van der Waals surface area contributed by atoms with E-state index in [1.54, 1.807) is 0 Å². The van der Waals surface area contributed by atoms with E-state index in [2.05, 4.69) is 23.3 Å². The minimum atomic E-state index is -1.54. The Morgan fingerprint density at radius 2 is 2.08 bits per heavy atom. The van der Waals surface area contributed by atoms with E-state index in [9.17, 15) is 15.8 Å². The maximum atomic E-state index is 9.96. The first-order valence-corrected chi connectivity index (χ1v) is 8.51. The van der Waals surface area contributed by atoms with Gasteiger partial charge in [0.05, 0.1) is 29.1 Å². The van der Waals surface area contributed by atoms with Crippen LogP contribution in [0.5, 0.6) is 0 Å². The van der Waals surface area contributed by atoms with Crippen LogP contribution in [0.25, 0.3) is 0 Å². The van der Waals surface area contributed by atoms with Crippen molar-refractivity contribution in [3.05, 3.63) is 40.4 Å². The second-order valence-corrected chi connectivity index (χ2v) is 6.63. The molecule has 0 aromatic carbocycles. The topological polar surface area (TPSA) is 115 Å². The van der Waals surface area contributed by atoms with Gasteiger partial charge in [-0.25, -0.2) is 0 Å². The zero-order chi connectivity index (χ0) is 18.2. The molecular formula is C19H20N6. The first-order chi connectivity index (χ1) is 12.0. The Hall–Kier alpha value is -3.04. The lowest BCUT2D eigenvalue weighted by atomic mass is 9.57. The number of nitrogens with zero attached hydrogens (tertiary/aromatic N) is 5. The summed E-state index contributed by atoms with van der Waals surface area (Å²) in [5.41, 5.74) is 7.68. The quantitative estimate of drug-likeness (QED) is 0.894. The molecule has 1 aromatic rings. The molecular weight excluding hydrogens is 312 g/mol. The van der Waals surface area contributed by atoms with Crippen molar-refractivity contribution in [1.82, 2.24) is 9.78 Å². The molecule has 0 saturated heterocycles.